The van der Waals surface area contributed by atoms with Crippen LogP contribution in [0.2, 0.25) is 0 Å². The first-order valence-corrected chi connectivity index (χ1v) is 5.07. The Bertz CT molecular complexity index is 404. The van der Waals surface area contributed by atoms with Crippen molar-refractivity contribution in [3.63, 3.8) is 0 Å². The minimum Gasteiger partial charge on any atom is -0.359 e. The lowest BCUT2D eigenvalue weighted by Crippen LogP contribution is -1.78. The Morgan fingerprint density at radius 1 is 1.29 bits per heavy atom. The van der Waals surface area contributed by atoms with E-state index in [9.17, 15) is 4.39 Å². The van der Waals surface area contributed by atoms with Crippen LogP contribution in [-0.4, -0.2) is 4.98 Å². The fraction of sp³-hybridized carbons (Fsp3) is 0.333. The van der Waals surface area contributed by atoms with Crippen molar-refractivity contribution in [2.45, 2.75) is 27.2 Å². The summed E-state index contributed by atoms with van der Waals surface area (Å²) in [7, 11) is 0. The van der Waals surface area contributed by atoms with Crippen LogP contribution in [0.15, 0.2) is 24.4 Å². The van der Waals surface area contributed by atoms with Gasteiger partial charge in [-0.15, -0.1) is 0 Å². The molecule has 0 aliphatic carbocycles. The molecule has 0 bridgehead atoms. The van der Waals surface area contributed by atoms with E-state index in [-0.39, 0.29) is 5.82 Å². The van der Waals surface area contributed by atoms with Gasteiger partial charge >= 0.3 is 0 Å². The summed E-state index contributed by atoms with van der Waals surface area (Å²) in [4.78, 5) is 2.86. The van der Waals surface area contributed by atoms with Crippen LogP contribution in [-0.2, 0) is 6.42 Å². The van der Waals surface area contributed by atoms with E-state index in [1.54, 1.807) is 0 Å². The van der Waals surface area contributed by atoms with Gasteiger partial charge < -0.3 is 4.98 Å². The summed E-state index contributed by atoms with van der Waals surface area (Å²) >= 11 is 0. The molecule has 76 valence electrons. The first-order valence-electron chi connectivity index (χ1n) is 5.07. The minimum atomic E-state index is -0.166. The van der Waals surface area contributed by atoms with Gasteiger partial charge in [0.15, 0.2) is 0 Å². The lowest BCUT2D eigenvalue weighted by atomic mass is 10.1. The van der Waals surface area contributed by atoms with Gasteiger partial charge in [-0.05, 0) is 24.1 Å². The van der Waals surface area contributed by atoms with Crippen LogP contribution in [0.25, 0.3) is 10.9 Å². The Hall–Kier alpha value is -1.31. The number of halogens is 1. The number of nitrogens with one attached hydrogen (secondary N) is 1. The summed E-state index contributed by atoms with van der Waals surface area (Å²) < 4.78 is 13.0. The van der Waals surface area contributed by atoms with Crippen molar-refractivity contribution in [1.82, 2.24) is 4.98 Å². The smallest absolute Gasteiger partial charge is 0.148 e. The molecule has 0 unspecified atom stereocenters. The van der Waals surface area contributed by atoms with Crippen LogP contribution >= 0.6 is 0 Å². The molecule has 0 saturated heterocycles. The van der Waals surface area contributed by atoms with Crippen molar-refractivity contribution in [3.8, 4) is 0 Å². The molecule has 1 nitrogen and oxygen atoms in total. The van der Waals surface area contributed by atoms with E-state index in [0.717, 1.165) is 11.9 Å². The third kappa shape index (κ3) is 1.95. The first-order chi connectivity index (χ1) is 6.81. The standard InChI is InChI=1S/C10H10FN.C2H6/c1-2-7-3-4-10-8(5-7)9(11)6-12-10;1-2/h3-6,12H,2H2,1H3;1-2H3. The highest BCUT2D eigenvalue weighted by Gasteiger charge is 2.01. The van der Waals surface area contributed by atoms with Gasteiger partial charge in [0.2, 0.25) is 0 Å². The molecular formula is C12H16FN. The zero-order chi connectivity index (χ0) is 10.6. The number of hydrogen-bond donors (Lipinski definition) is 1. The molecule has 2 rings (SSSR count). The molecule has 0 spiro atoms. The highest BCUT2D eigenvalue weighted by Crippen LogP contribution is 2.18. The monoisotopic (exact) mass is 193 g/mol. The Kier molecular flexibility index (Phi) is 3.69. The zero-order valence-electron chi connectivity index (χ0n) is 8.89. The van der Waals surface area contributed by atoms with Gasteiger partial charge in [0.05, 0.1) is 0 Å². The van der Waals surface area contributed by atoms with E-state index in [2.05, 4.69) is 11.9 Å². The maximum atomic E-state index is 13.0. The largest absolute Gasteiger partial charge is 0.359 e. The quantitative estimate of drug-likeness (QED) is 0.707. The third-order valence-corrected chi connectivity index (χ3v) is 2.10. The lowest BCUT2D eigenvalue weighted by Gasteiger charge is -1.95. The third-order valence-electron chi connectivity index (χ3n) is 2.10. The van der Waals surface area contributed by atoms with Crippen LogP contribution in [0.1, 0.15) is 26.3 Å². The van der Waals surface area contributed by atoms with E-state index in [1.165, 1.54) is 11.8 Å². The fourth-order valence-corrected chi connectivity index (χ4v) is 1.35. The second kappa shape index (κ2) is 4.80. The topological polar surface area (TPSA) is 15.8 Å². The van der Waals surface area contributed by atoms with Crippen molar-refractivity contribution in [3.05, 3.63) is 35.8 Å². The average Bonchev–Trinajstić information content (AvgIpc) is 2.63. The minimum absolute atomic E-state index is 0.166. The molecular weight excluding hydrogens is 177 g/mol. The van der Waals surface area contributed by atoms with Gasteiger partial charge in [-0.1, -0.05) is 26.8 Å². The van der Waals surface area contributed by atoms with Crippen LogP contribution in [0, 0.1) is 5.82 Å². The van der Waals surface area contributed by atoms with Gasteiger partial charge in [0.1, 0.15) is 5.82 Å². The number of aromatic amines is 1. The Morgan fingerprint density at radius 3 is 2.64 bits per heavy atom. The fourth-order valence-electron chi connectivity index (χ4n) is 1.35. The van der Waals surface area contributed by atoms with E-state index >= 15 is 0 Å². The first kappa shape index (κ1) is 10.8. The van der Waals surface area contributed by atoms with Crippen molar-refractivity contribution < 1.29 is 4.39 Å². The van der Waals surface area contributed by atoms with Crippen LogP contribution in [0.3, 0.4) is 0 Å². The van der Waals surface area contributed by atoms with Crippen molar-refractivity contribution in [1.29, 1.82) is 0 Å². The summed E-state index contributed by atoms with van der Waals surface area (Å²) in [6.45, 7) is 6.06. The van der Waals surface area contributed by atoms with Crippen LogP contribution in [0.4, 0.5) is 4.39 Å². The molecule has 0 saturated carbocycles. The van der Waals surface area contributed by atoms with Gasteiger partial charge in [0, 0.05) is 17.1 Å². The van der Waals surface area contributed by atoms with E-state index in [1.807, 2.05) is 32.0 Å². The molecule has 1 heterocycles. The van der Waals surface area contributed by atoms with Gasteiger partial charge in [0.25, 0.3) is 0 Å². The molecule has 2 aromatic rings. The molecule has 14 heavy (non-hydrogen) atoms. The van der Waals surface area contributed by atoms with Gasteiger partial charge in [-0.2, -0.15) is 0 Å². The van der Waals surface area contributed by atoms with Crippen molar-refractivity contribution in [2.24, 2.45) is 0 Å². The lowest BCUT2D eigenvalue weighted by molar-refractivity contribution is 0.639. The summed E-state index contributed by atoms with van der Waals surface area (Å²) in [5.41, 5.74) is 2.03. The average molecular weight is 193 g/mol. The van der Waals surface area contributed by atoms with Gasteiger partial charge in [-0.25, -0.2) is 4.39 Å². The summed E-state index contributed by atoms with van der Waals surface area (Å²) in [6.07, 6.45) is 2.34. The maximum Gasteiger partial charge on any atom is 0.148 e. The molecule has 2 heteroatoms. The molecule has 0 amide bonds. The van der Waals surface area contributed by atoms with Crippen LogP contribution in [0.5, 0.6) is 0 Å². The van der Waals surface area contributed by atoms with E-state index < -0.39 is 0 Å². The number of rotatable bonds is 1. The molecule has 0 atom stereocenters. The Labute approximate surface area is 84.0 Å². The SMILES string of the molecule is CC.CCc1ccc2[nH]cc(F)c2c1. The Balaban J connectivity index is 0.000000461. The molecule has 1 aromatic carbocycles. The number of aryl methyl sites for hydroxylation is 1. The molecule has 1 aromatic heterocycles. The normalized spacial score (nSPS) is 9.71. The zero-order valence-corrected chi connectivity index (χ0v) is 8.89. The van der Waals surface area contributed by atoms with Gasteiger partial charge in [-0.3, -0.25) is 0 Å². The van der Waals surface area contributed by atoms with Crippen molar-refractivity contribution >= 4 is 10.9 Å². The number of hydrogen-bond acceptors (Lipinski definition) is 0. The van der Waals surface area contributed by atoms with E-state index in [0.29, 0.717) is 5.39 Å². The molecule has 0 aliphatic heterocycles. The second-order valence-corrected chi connectivity index (χ2v) is 2.87. The van der Waals surface area contributed by atoms with Crippen LogP contribution < -0.4 is 0 Å². The van der Waals surface area contributed by atoms with Crippen molar-refractivity contribution in [2.75, 3.05) is 0 Å². The number of H-pyrrole nitrogens is 1. The highest BCUT2D eigenvalue weighted by atomic mass is 19.1. The molecule has 0 radical (unpaired) electrons. The summed E-state index contributed by atoms with van der Waals surface area (Å²) in [5.74, 6) is -0.166. The maximum absolute atomic E-state index is 13.0. The molecule has 1 N–H and O–H groups in total. The molecule has 0 aliphatic rings. The Morgan fingerprint density at radius 2 is 2.00 bits per heavy atom. The number of aromatic nitrogens is 1. The summed E-state index contributed by atoms with van der Waals surface area (Å²) in [5, 5.41) is 0.689. The number of fused-ring (bicyclic) bond motifs is 1. The number of benzene rings is 1. The summed E-state index contributed by atoms with van der Waals surface area (Å²) in [6, 6.07) is 5.82. The highest BCUT2D eigenvalue weighted by molar-refractivity contribution is 5.80. The van der Waals surface area contributed by atoms with E-state index in [4.69, 9.17) is 0 Å². The predicted molar refractivity (Wildman–Crippen MR) is 59.0 cm³/mol. The molecule has 0 fully saturated rings. The predicted octanol–water partition coefficient (Wildman–Crippen LogP) is 3.90. The second-order valence-electron chi connectivity index (χ2n) is 2.87.